The zero-order valence-electron chi connectivity index (χ0n) is 19.9. The minimum atomic E-state index is -0.745. The fourth-order valence-electron chi connectivity index (χ4n) is 4.73. The van der Waals surface area contributed by atoms with Gasteiger partial charge in [0.1, 0.15) is 17.1 Å². The molecule has 1 aliphatic heterocycles. The topological polar surface area (TPSA) is 76.8 Å². The van der Waals surface area contributed by atoms with E-state index >= 15 is 0 Å². The second-order valence-corrected chi connectivity index (χ2v) is 8.84. The minimum Gasteiger partial charge on any atom is -0.457 e. The van der Waals surface area contributed by atoms with E-state index in [4.69, 9.17) is 9.15 Å². The molecule has 0 spiro atoms. The molecule has 1 amide bonds. The monoisotopic (exact) mass is 487 g/mol. The molecule has 5 aromatic rings. The van der Waals surface area contributed by atoms with Crippen molar-refractivity contribution in [2.45, 2.75) is 13.0 Å². The van der Waals surface area contributed by atoms with Crippen LogP contribution in [-0.4, -0.2) is 11.7 Å². The summed E-state index contributed by atoms with van der Waals surface area (Å²) in [4.78, 5) is 40.9. The Hall–Kier alpha value is -4.97. The third-order valence-corrected chi connectivity index (χ3v) is 6.48. The first-order valence-corrected chi connectivity index (χ1v) is 11.8. The first-order valence-electron chi connectivity index (χ1n) is 11.8. The van der Waals surface area contributed by atoms with Gasteiger partial charge in [-0.3, -0.25) is 19.3 Å². The van der Waals surface area contributed by atoms with Gasteiger partial charge < -0.3 is 9.15 Å². The molecular weight excluding hydrogens is 466 g/mol. The highest BCUT2D eigenvalue weighted by molar-refractivity contribution is 6.11. The predicted molar refractivity (Wildman–Crippen MR) is 141 cm³/mol. The van der Waals surface area contributed by atoms with Gasteiger partial charge >= 0.3 is 0 Å². The van der Waals surface area contributed by atoms with Crippen LogP contribution in [0.3, 0.4) is 0 Å². The number of carbonyl (C=O) groups excluding carboxylic acids is 2. The van der Waals surface area contributed by atoms with E-state index in [1.807, 2.05) is 54.6 Å². The number of benzene rings is 4. The zero-order chi connectivity index (χ0) is 25.5. The Bertz CT molecular complexity index is 1720. The van der Waals surface area contributed by atoms with Crippen LogP contribution >= 0.6 is 0 Å². The number of rotatable bonds is 5. The van der Waals surface area contributed by atoms with Crippen LogP contribution in [0, 0.1) is 0 Å². The summed E-state index contributed by atoms with van der Waals surface area (Å²) in [6.07, 6.45) is 0. The number of ketones is 1. The van der Waals surface area contributed by atoms with Crippen LogP contribution in [0.4, 0.5) is 5.69 Å². The van der Waals surface area contributed by atoms with E-state index in [0.29, 0.717) is 39.3 Å². The SMILES string of the molecule is CC(=O)c1ccc(N2C(=O)c3oc4ccccc4c(=O)c3C2c2cccc(Oc3ccccc3)c2)cc1. The molecule has 37 heavy (non-hydrogen) atoms. The summed E-state index contributed by atoms with van der Waals surface area (Å²) in [5.74, 6) is 0.755. The summed E-state index contributed by atoms with van der Waals surface area (Å²) >= 11 is 0. The molecule has 6 rings (SSSR count). The van der Waals surface area contributed by atoms with E-state index in [1.165, 1.54) is 6.92 Å². The van der Waals surface area contributed by atoms with E-state index in [9.17, 15) is 14.4 Å². The maximum Gasteiger partial charge on any atom is 0.295 e. The van der Waals surface area contributed by atoms with Crippen molar-refractivity contribution in [3.05, 3.63) is 136 Å². The van der Waals surface area contributed by atoms with Gasteiger partial charge in [-0.05, 0) is 73.2 Å². The van der Waals surface area contributed by atoms with Gasteiger partial charge in [0.25, 0.3) is 5.91 Å². The van der Waals surface area contributed by atoms with E-state index in [0.717, 1.165) is 0 Å². The molecule has 0 fully saturated rings. The van der Waals surface area contributed by atoms with E-state index in [2.05, 4.69) is 0 Å². The first-order chi connectivity index (χ1) is 18.0. The molecule has 0 saturated heterocycles. The molecule has 1 aromatic heterocycles. The number of anilines is 1. The summed E-state index contributed by atoms with van der Waals surface area (Å²) in [6, 6.07) is 29.6. The lowest BCUT2D eigenvalue weighted by molar-refractivity contribution is 0.0970. The normalized spacial score (nSPS) is 14.6. The van der Waals surface area contributed by atoms with Gasteiger partial charge in [-0.1, -0.05) is 42.5 Å². The molecule has 2 heterocycles. The highest BCUT2D eigenvalue weighted by atomic mass is 16.5. The summed E-state index contributed by atoms with van der Waals surface area (Å²) in [5.41, 5.74) is 2.14. The van der Waals surface area contributed by atoms with Crippen LogP contribution < -0.4 is 15.1 Å². The third kappa shape index (κ3) is 3.89. The molecule has 0 bridgehead atoms. The Morgan fingerprint density at radius 3 is 2.27 bits per heavy atom. The van der Waals surface area contributed by atoms with Crippen LogP contribution in [0.5, 0.6) is 11.5 Å². The smallest absolute Gasteiger partial charge is 0.295 e. The third-order valence-electron chi connectivity index (χ3n) is 6.48. The maximum atomic E-state index is 13.8. The fourth-order valence-corrected chi connectivity index (χ4v) is 4.73. The number of amides is 1. The van der Waals surface area contributed by atoms with Crippen molar-refractivity contribution in [1.82, 2.24) is 0 Å². The number of carbonyl (C=O) groups is 2. The van der Waals surface area contributed by atoms with Crippen molar-refractivity contribution in [2.24, 2.45) is 0 Å². The molecule has 0 aliphatic carbocycles. The van der Waals surface area contributed by atoms with Crippen LogP contribution in [0.2, 0.25) is 0 Å². The largest absolute Gasteiger partial charge is 0.457 e. The standard InChI is InChI=1S/C31H21NO5/c1-19(33)20-14-16-22(17-15-20)32-28(21-8-7-11-24(18-21)36-23-9-3-2-4-10-23)27-29(34)25-12-5-6-13-26(25)37-30(27)31(32)35/h2-18,28H,1H3. The Kier molecular flexibility index (Phi) is 5.42. The predicted octanol–water partition coefficient (Wildman–Crippen LogP) is 6.54. The lowest BCUT2D eigenvalue weighted by Crippen LogP contribution is -2.29. The number of para-hydroxylation sites is 2. The first kappa shape index (κ1) is 22.5. The van der Waals surface area contributed by atoms with Crippen molar-refractivity contribution in [2.75, 3.05) is 4.90 Å². The molecule has 180 valence electrons. The molecule has 6 nitrogen and oxygen atoms in total. The molecular formula is C31H21NO5. The number of nitrogens with zero attached hydrogens (tertiary/aromatic N) is 1. The molecule has 1 atom stereocenters. The minimum absolute atomic E-state index is 0.0127. The van der Waals surface area contributed by atoms with Crippen molar-refractivity contribution < 1.29 is 18.7 Å². The van der Waals surface area contributed by atoms with Gasteiger partial charge in [-0.15, -0.1) is 0 Å². The van der Waals surface area contributed by atoms with Gasteiger partial charge in [0.05, 0.1) is 17.0 Å². The van der Waals surface area contributed by atoms with Crippen molar-refractivity contribution in [3.63, 3.8) is 0 Å². The van der Waals surface area contributed by atoms with Crippen LogP contribution in [0.25, 0.3) is 11.0 Å². The second-order valence-electron chi connectivity index (χ2n) is 8.84. The quantitative estimate of drug-likeness (QED) is 0.263. The molecule has 1 unspecified atom stereocenters. The number of hydrogen-bond acceptors (Lipinski definition) is 5. The van der Waals surface area contributed by atoms with Crippen LogP contribution in [0.15, 0.2) is 112 Å². The lowest BCUT2D eigenvalue weighted by atomic mass is 9.98. The molecule has 0 radical (unpaired) electrons. The highest BCUT2D eigenvalue weighted by Crippen LogP contribution is 2.42. The number of hydrogen-bond donors (Lipinski definition) is 0. The summed E-state index contributed by atoms with van der Waals surface area (Å²) < 4.78 is 12.0. The average molecular weight is 488 g/mol. The lowest BCUT2D eigenvalue weighted by Gasteiger charge is -2.25. The molecule has 0 N–H and O–H groups in total. The molecule has 6 heteroatoms. The van der Waals surface area contributed by atoms with Crippen molar-refractivity contribution in [1.29, 1.82) is 0 Å². The van der Waals surface area contributed by atoms with Gasteiger partial charge in [-0.2, -0.15) is 0 Å². The van der Waals surface area contributed by atoms with Crippen molar-refractivity contribution in [3.8, 4) is 11.5 Å². The molecule has 1 aliphatic rings. The summed E-state index contributed by atoms with van der Waals surface area (Å²) in [6.45, 7) is 1.49. The maximum absolute atomic E-state index is 13.8. The number of Topliss-reactive ketones (excluding diaryl/α,β-unsaturated/α-hetero) is 1. The van der Waals surface area contributed by atoms with E-state index in [1.54, 1.807) is 53.4 Å². The Labute approximate surface area is 212 Å². The number of ether oxygens (including phenoxy) is 1. The Morgan fingerprint density at radius 1 is 0.811 bits per heavy atom. The van der Waals surface area contributed by atoms with Crippen LogP contribution in [0.1, 0.15) is 45.0 Å². The highest BCUT2D eigenvalue weighted by Gasteiger charge is 2.43. The second kappa shape index (κ2) is 8.91. The molecule has 4 aromatic carbocycles. The van der Waals surface area contributed by atoms with Crippen LogP contribution in [-0.2, 0) is 0 Å². The van der Waals surface area contributed by atoms with E-state index in [-0.39, 0.29) is 22.5 Å². The average Bonchev–Trinajstić information content (AvgIpc) is 3.22. The van der Waals surface area contributed by atoms with Gasteiger partial charge in [0.15, 0.2) is 11.2 Å². The molecule has 0 saturated carbocycles. The van der Waals surface area contributed by atoms with Crippen molar-refractivity contribution >= 4 is 28.3 Å². The van der Waals surface area contributed by atoms with Gasteiger partial charge in [0, 0.05) is 11.3 Å². The van der Waals surface area contributed by atoms with Gasteiger partial charge in [0.2, 0.25) is 5.76 Å². The fraction of sp³-hybridized carbons (Fsp3) is 0.0645. The zero-order valence-corrected chi connectivity index (χ0v) is 19.9. The Balaban J connectivity index is 1.53. The summed E-state index contributed by atoms with van der Waals surface area (Å²) in [7, 11) is 0. The Morgan fingerprint density at radius 2 is 1.51 bits per heavy atom. The van der Waals surface area contributed by atoms with Gasteiger partial charge in [-0.25, -0.2) is 0 Å². The number of fused-ring (bicyclic) bond motifs is 2. The summed E-state index contributed by atoms with van der Waals surface area (Å²) in [5, 5.41) is 0.407. The van der Waals surface area contributed by atoms with E-state index < -0.39 is 11.9 Å².